The number of anilines is 3. The van der Waals surface area contributed by atoms with E-state index in [2.05, 4.69) is 41.2 Å². The molecule has 1 amide bonds. The fourth-order valence-corrected chi connectivity index (χ4v) is 5.33. The fraction of sp³-hybridized carbons (Fsp3) is 0.167. The lowest BCUT2D eigenvalue weighted by Crippen LogP contribution is -2.25. The van der Waals surface area contributed by atoms with Crippen LogP contribution in [0.4, 0.5) is 22.7 Å². The Balaban J connectivity index is 1.38. The molecule has 0 fully saturated rings. The van der Waals surface area contributed by atoms with E-state index in [4.69, 9.17) is 0 Å². The van der Waals surface area contributed by atoms with Gasteiger partial charge in [0.25, 0.3) is 5.69 Å². The number of carbonyl (C=O) groups excluding carboxylic acids is 1. The smallest absolute Gasteiger partial charge is 0.270 e. The number of nitrogens with zero attached hydrogens (tertiary/aromatic N) is 3. The van der Waals surface area contributed by atoms with Crippen LogP contribution in [0.15, 0.2) is 77.1 Å². The lowest BCUT2D eigenvalue weighted by molar-refractivity contribution is -0.384. The zero-order chi connectivity index (χ0) is 23.4. The highest BCUT2D eigenvalue weighted by Gasteiger charge is 2.14. The van der Waals surface area contributed by atoms with Crippen molar-refractivity contribution in [1.82, 2.24) is 4.98 Å². The van der Waals surface area contributed by atoms with Gasteiger partial charge in [-0.1, -0.05) is 30.0 Å². The Morgan fingerprint density at radius 1 is 1.09 bits per heavy atom. The molecule has 0 radical (unpaired) electrons. The molecule has 3 aromatic carbocycles. The summed E-state index contributed by atoms with van der Waals surface area (Å²) in [6, 6.07) is 22.8. The van der Waals surface area contributed by atoms with Gasteiger partial charge in [0.1, 0.15) is 0 Å². The molecule has 4 rings (SSSR count). The quantitative estimate of drug-likeness (QED) is 0.177. The van der Waals surface area contributed by atoms with Crippen molar-refractivity contribution in [3.8, 4) is 0 Å². The second kappa shape index (κ2) is 10.0. The normalized spacial score (nSPS) is 11.0. The minimum Gasteiger partial charge on any atom is -0.339 e. The summed E-state index contributed by atoms with van der Waals surface area (Å²) in [6.45, 7) is 4.28. The standard InChI is InChI=1S/C24H22N4O3S2/c1-16(2)27(18-6-4-3-5-7-18)19-10-8-17(9-11-19)25-23(29)15-32-24-26-21-13-12-20(28(30)31)14-22(21)33-24/h3-14,16H,15H2,1-2H3,(H,25,29). The number of rotatable bonds is 8. The lowest BCUT2D eigenvalue weighted by atomic mass is 10.2. The number of hydrogen-bond acceptors (Lipinski definition) is 7. The van der Waals surface area contributed by atoms with Gasteiger partial charge in [0.2, 0.25) is 5.91 Å². The molecule has 0 atom stereocenters. The number of hydrogen-bond donors (Lipinski definition) is 1. The molecule has 0 unspecified atom stereocenters. The van der Waals surface area contributed by atoms with E-state index >= 15 is 0 Å². The topological polar surface area (TPSA) is 88.4 Å². The number of para-hydroxylation sites is 1. The summed E-state index contributed by atoms with van der Waals surface area (Å²) in [6.07, 6.45) is 0. The predicted octanol–water partition coefficient (Wildman–Crippen LogP) is 6.48. The van der Waals surface area contributed by atoms with Gasteiger partial charge in [-0.3, -0.25) is 14.9 Å². The van der Waals surface area contributed by atoms with Crippen molar-refractivity contribution < 1.29 is 9.72 Å². The summed E-state index contributed by atoms with van der Waals surface area (Å²) in [5, 5.41) is 13.8. The van der Waals surface area contributed by atoms with Crippen LogP contribution < -0.4 is 10.2 Å². The Labute approximate surface area is 199 Å². The Morgan fingerprint density at radius 2 is 1.79 bits per heavy atom. The molecule has 1 N–H and O–H groups in total. The highest BCUT2D eigenvalue weighted by atomic mass is 32.2. The second-order valence-electron chi connectivity index (χ2n) is 7.57. The maximum Gasteiger partial charge on any atom is 0.270 e. The Morgan fingerprint density at radius 3 is 2.45 bits per heavy atom. The van der Waals surface area contributed by atoms with Crippen LogP contribution in [0.3, 0.4) is 0 Å². The predicted molar refractivity (Wildman–Crippen MR) is 136 cm³/mol. The van der Waals surface area contributed by atoms with Crippen molar-refractivity contribution in [3.63, 3.8) is 0 Å². The number of nitro groups is 1. The average molecular weight is 479 g/mol. The number of non-ortho nitro benzene ring substituents is 1. The first kappa shape index (κ1) is 22.8. The zero-order valence-corrected chi connectivity index (χ0v) is 19.7. The van der Waals surface area contributed by atoms with E-state index in [1.807, 2.05) is 42.5 Å². The molecular weight excluding hydrogens is 456 g/mol. The van der Waals surface area contributed by atoms with Gasteiger partial charge in [-0.2, -0.15) is 0 Å². The molecule has 7 nitrogen and oxygen atoms in total. The van der Waals surface area contributed by atoms with Crippen molar-refractivity contribution in [1.29, 1.82) is 0 Å². The molecule has 0 bridgehead atoms. The minimum absolute atomic E-state index is 0.0344. The molecule has 0 spiro atoms. The van der Waals surface area contributed by atoms with E-state index < -0.39 is 4.92 Å². The van der Waals surface area contributed by atoms with Crippen molar-refractivity contribution in [2.75, 3.05) is 16.0 Å². The molecule has 1 heterocycles. The number of nitrogens with one attached hydrogen (secondary N) is 1. The van der Waals surface area contributed by atoms with Crippen LogP contribution in [-0.2, 0) is 4.79 Å². The Bertz CT molecular complexity index is 1270. The van der Waals surface area contributed by atoms with Crippen molar-refractivity contribution >= 4 is 62.0 Å². The van der Waals surface area contributed by atoms with Gasteiger partial charge in [0, 0.05) is 35.2 Å². The molecule has 1 aromatic heterocycles. The molecule has 0 aliphatic heterocycles. The highest BCUT2D eigenvalue weighted by Crippen LogP contribution is 2.32. The number of benzene rings is 3. The van der Waals surface area contributed by atoms with Crippen molar-refractivity contribution in [2.45, 2.75) is 24.2 Å². The highest BCUT2D eigenvalue weighted by molar-refractivity contribution is 8.01. The Hall–Kier alpha value is -3.43. The largest absolute Gasteiger partial charge is 0.339 e. The summed E-state index contributed by atoms with van der Waals surface area (Å²) in [7, 11) is 0. The van der Waals surface area contributed by atoms with Crippen LogP contribution in [0.1, 0.15) is 13.8 Å². The fourth-order valence-electron chi connectivity index (χ4n) is 3.43. The van der Waals surface area contributed by atoms with E-state index in [1.54, 1.807) is 6.07 Å². The molecule has 0 aliphatic rings. The summed E-state index contributed by atoms with van der Waals surface area (Å²) in [5.74, 6) is 0.0629. The van der Waals surface area contributed by atoms with Crippen LogP contribution in [0.5, 0.6) is 0 Å². The number of aromatic nitrogens is 1. The van der Waals surface area contributed by atoms with E-state index in [-0.39, 0.29) is 23.4 Å². The van der Waals surface area contributed by atoms with E-state index in [0.29, 0.717) is 9.86 Å². The van der Waals surface area contributed by atoms with E-state index in [1.165, 1.54) is 35.2 Å². The molecule has 0 saturated heterocycles. The Kier molecular flexibility index (Phi) is 6.90. The van der Waals surface area contributed by atoms with Crippen molar-refractivity contribution in [2.24, 2.45) is 0 Å². The van der Waals surface area contributed by atoms with Gasteiger partial charge in [0.05, 0.1) is 20.9 Å². The SMILES string of the molecule is CC(C)N(c1ccccc1)c1ccc(NC(=O)CSc2nc3ccc([N+](=O)[O-])cc3s2)cc1. The van der Waals surface area contributed by atoms with Gasteiger partial charge >= 0.3 is 0 Å². The van der Waals surface area contributed by atoms with Gasteiger partial charge in [0.15, 0.2) is 4.34 Å². The third-order valence-corrected chi connectivity index (χ3v) is 7.03. The minimum atomic E-state index is -0.426. The van der Waals surface area contributed by atoms with Gasteiger partial charge in [-0.15, -0.1) is 11.3 Å². The number of amides is 1. The number of carbonyl (C=O) groups is 1. The second-order valence-corrected chi connectivity index (χ2v) is 9.83. The molecule has 0 aliphatic carbocycles. The van der Waals surface area contributed by atoms with Gasteiger partial charge in [-0.25, -0.2) is 4.98 Å². The number of thioether (sulfide) groups is 1. The van der Waals surface area contributed by atoms with Crippen LogP contribution >= 0.6 is 23.1 Å². The molecule has 0 saturated carbocycles. The third kappa shape index (κ3) is 5.50. The first-order chi connectivity index (χ1) is 15.9. The molecule has 4 aromatic rings. The lowest BCUT2D eigenvalue weighted by Gasteiger charge is -2.29. The van der Waals surface area contributed by atoms with Crippen LogP contribution in [0, 0.1) is 10.1 Å². The maximum absolute atomic E-state index is 12.4. The summed E-state index contributed by atoms with van der Waals surface area (Å²) < 4.78 is 1.43. The molecule has 168 valence electrons. The third-order valence-electron chi connectivity index (χ3n) is 4.87. The maximum atomic E-state index is 12.4. The summed E-state index contributed by atoms with van der Waals surface area (Å²) in [4.78, 5) is 29.6. The summed E-state index contributed by atoms with van der Waals surface area (Å²) in [5.41, 5.74) is 3.61. The van der Waals surface area contributed by atoms with Crippen LogP contribution in [0.2, 0.25) is 0 Å². The number of fused-ring (bicyclic) bond motifs is 1. The first-order valence-electron chi connectivity index (χ1n) is 10.3. The van der Waals surface area contributed by atoms with E-state index in [9.17, 15) is 14.9 Å². The van der Waals surface area contributed by atoms with Gasteiger partial charge in [-0.05, 0) is 56.3 Å². The first-order valence-corrected chi connectivity index (χ1v) is 12.1. The molecular formula is C24H22N4O3S2. The van der Waals surface area contributed by atoms with Gasteiger partial charge < -0.3 is 10.2 Å². The average Bonchev–Trinajstić information content (AvgIpc) is 3.22. The van der Waals surface area contributed by atoms with E-state index in [0.717, 1.165) is 21.8 Å². The number of thiazole rings is 1. The monoisotopic (exact) mass is 478 g/mol. The van der Waals surface area contributed by atoms with Crippen LogP contribution in [-0.4, -0.2) is 27.6 Å². The van der Waals surface area contributed by atoms with Crippen molar-refractivity contribution in [3.05, 3.63) is 82.9 Å². The van der Waals surface area contributed by atoms with Crippen LogP contribution in [0.25, 0.3) is 10.2 Å². The zero-order valence-electron chi connectivity index (χ0n) is 18.1. The number of nitro benzene ring substituents is 1. The molecule has 33 heavy (non-hydrogen) atoms. The summed E-state index contributed by atoms with van der Waals surface area (Å²) >= 11 is 2.66. The molecule has 9 heteroatoms.